The molecule has 0 aromatic heterocycles. The van der Waals surface area contributed by atoms with Gasteiger partial charge in [-0.15, -0.1) is 0 Å². The van der Waals surface area contributed by atoms with Gasteiger partial charge in [0.1, 0.15) is 0 Å². The molecule has 0 saturated heterocycles. The first kappa shape index (κ1) is 15.1. The zero-order valence-corrected chi connectivity index (χ0v) is 12.3. The Labute approximate surface area is 124 Å². The molecular formula is C17H20N2O2. The van der Waals surface area contributed by atoms with Crippen LogP contribution in [0, 0.1) is 13.8 Å². The van der Waals surface area contributed by atoms with E-state index in [1.54, 1.807) is 0 Å². The first-order chi connectivity index (χ1) is 10.1. The molecule has 0 saturated carbocycles. The summed E-state index contributed by atoms with van der Waals surface area (Å²) in [7, 11) is 0. The number of aliphatic hydroxyl groups is 1. The van der Waals surface area contributed by atoms with E-state index in [-0.39, 0.29) is 12.6 Å². The van der Waals surface area contributed by atoms with E-state index >= 15 is 0 Å². The van der Waals surface area contributed by atoms with E-state index in [0.29, 0.717) is 6.54 Å². The summed E-state index contributed by atoms with van der Waals surface area (Å²) in [6.07, 6.45) is 0. The molecule has 0 spiro atoms. The molecule has 3 N–H and O–H groups in total. The lowest BCUT2D eigenvalue weighted by molar-refractivity contribution is 0.251. The second-order valence-electron chi connectivity index (χ2n) is 5.08. The van der Waals surface area contributed by atoms with Crippen LogP contribution in [0.15, 0.2) is 42.5 Å². The van der Waals surface area contributed by atoms with Crippen LogP contribution < -0.4 is 10.6 Å². The molecule has 0 radical (unpaired) electrons. The predicted molar refractivity (Wildman–Crippen MR) is 84.1 cm³/mol. The van der Waals surface area contributed by atoms with Crippen LogP contribution in [0.5, 0.6) is 0 Å². The van der Waals surface area contributed by atoms with Crippen molar-refractivity contribution in [2.24, 2.45) is 0 Å². The average Bonchev–Trinajstić information content (AvgIpc) is 2.49. The van der Waals surface area contributed by atoms with Crippen LogP contribution in [0.1, 0.15) is 22.3 Å². The molecule has 0 aliphatic rings. The van der Waals surface area contributed by atoms with Gasteiger partial charge in [-0.25, -0.2) is 4.79 Å². The van der Waals surface area contributed by atoms with E-state index in [0.717, 1.165) is 22.4 Å². The van der Waals surface area contributed by atoms with Gasteiger partial charge in [0.2, 0.25) is 0 Å². The third-order valence-corrected chi connectivity index (χ3v) is 3.42. The van der Waals surface area contributed by atoms with E-state index in [9.17, 15) is 4.79 Å². The van der Waals surface area contributed by atoms with Crippen molar-refractivity contribution >= 4 is 11.7 Å². The molecule has 2 rings (SSSR count). The van der Waals surface area contributed by atoms with E-state index in [1.807, 2.05) is 56.3 Å². The van der Waals surface area contributed by atoms with Crippen LogP contribution in [0.3, 0.4) is 0 Å². The maximum absolute atomic E-state index is 11.8. The molecule has 2 amide bonds. The zero-order valence-electron chi connectivity index (χ0n) is 12.3. The number of carbonyl (C=O) groups excluding carboxylic acids is 1. The normalized spacial score (nSPS) is 10.2. The average molecular weight is 284 g/mol. The lowest BCUT2D eigenvalue weighted by atomic mass is 10.1. The van der Waals surface area contributed by atoms with Crippen molar-refractivity contribution in [1.82, 2.24) is 5.32 Å². The smallest absolute Gasteiger partial charge is 0.319 e. The quantitative estimate of drug-likeness (QED) is 0.808. The van der Waals surface area contributed by atoms with Crippen molar-refractivity contribution in [3.05, 3.63) is 64.7 Å². The monoisotopic (exact) mass is 284 g/mol. The summed E-state index contributed by atoms with van der Waals surface area (Å²) in [5.74, 6) is 0. The third-order valence-electron chi connectivity index (χ3n) is 3.42. The van der Waals surface area contributed by atoms with E-state index in [1.165, 1.54) is 5.56 Å². The maximum atomic E-state index is 11.8. The van der Waals surface area contributed by atoms with Crippen molar-refractivity contribution in [1.29, 1.82) is 0 Å². The van der Waals surface area contributed by atoms with Gasteiger partial charge in [-0.3, -0.25) is 0 Å². The fourth-order valence-corrected chi connectivity index (χ4v) is 1.94. The SMILES string of the molecule is Cc1ccc(NC(=O)NCc2ccc(CO)cc2)cc1C. The molecule has 0 bridgehead atoms. The van der Waals surface area contributed by atoms with Gasteiger partial charge in [0, 0.05) is 12.2 Å². The topological polar surface area (TPSA) is 61.4 Å². The Kier molecular flexibility index (Phi) is 4.95. The molecule has 2 aromatic rings. The van der Waals surface area contributed by atoms with E-state index in [4.69, 9.17) is 5.11 Å². The lowest BCUT2D eigenvalue weighted by Gasteiger charge is -2.09. The Morgan fingerprint density at radius 3 is 2.29 bits per heavy atom. The Bertz CT molecular complexity index is 621. The third kappa shape index (κ3) is 4.33. The fraction of sp³-hybridized carbons (Fsp3) is 0.235. The minimum absolute atomic E-state index is 0.0287. The zero-order chi connectivity index (χ0) is 15.2. The number of anilines is 1. The predicted octanol–water partition coefficient (Wildman–Crippen LogP) is 3.12. The molecule has 0 aliphatic heterocycles. The molecule has 4 nitrogen and oxygen atoms in total. The molecule has 110 valence electrons. The number of benzene rings is 2. The Balaban J connectivity index is 1.87. The molecule has 0 atom stereocenters. The minimum atomic E-state index is -0.232. The van der Waals surface area contributed by atoms with Crippen LogP contribution in [0.25, 0.3) is 0 Å². The first-order valence-corrected chi connectivity index (χ1v) is 6.89. The molecule has 0 aliphatic carbocycles. The first-order valence-electron chi connectivity index (χ1n) is 6.89. The van der Waals surface area contributed by atoms with Crippen LogP contribution >= 0.6 is 0 Å². The number of aryl methyl sites for hydroxylation is 2. The molecule has 0 unspecified atom stereocenters. The molecule has 0 heterocycles. The highest BCUT2D eigenvalue weighted by atomic mass is 16.3. The van der Waals surface area contributed by atoms with Crippen molar-refractivity contribution in [2.45, 2.75) is 27.0 Å². The largest absolute Gasteiger partial charge is 0.392 e. The highest BCUT2D eigenvalue weighted by Gasteiger charge is 2.03. The van der Waals surface area contributed by atoms with Crippen LogP contribution in [-0.2, 0) is 13.2 Å². The van der Waals surface area contributed by atoms with Gasteiger partial charge >= 0.3 is 6.03 Å². The Morgan fingerprint density at radius 1 is 1.00 bits per heavy atom. The molecule has 0 fully saturated rings. The van der Waals surface area contributed by atoms with Crippen molar-refractivity contribution in [2.75, 3.05) is 5.32 Å². The Hall–Kier alpha value is -2.33. The Morgan fingerprint density at radius 2 is 1.67 bits per heavy atom. The van der Waals surface area contributed by atoms with Crippen LogP contribution in [0.4, 0.5) is 10.5 Å². The minimum Gasteiger partial charge on any atom is -0.392 e. The van der Waals surface area contributed by atoms with Gasteiger partial charge in [0.15, 0.2) is 0 Å². The van der Waals surface area contributed by atoms with Gasteiger partial charge in [-0.05, 0) is 48.2 Å². The highest BCUT2D eigenvalue weighted by Crippen LogP contribution is 2.14. The number of nitrogens with one attached hydrogen (secondary N) is 2. The standard InChI is InChI=1S/C17H20N2O2/c1-12-3-8-16(9-13(12)2)19-17(21)18-10-14-4-6-15(11-20)7-5-14/h3-9,20H,10-11H2,1-2H3,(H2,18,19,21). The number of carbonyl (C=O) groups is 1. The van der Waals surface area contributed by atoms with Gasteiger partial charge < -0.3 is 15.7 Å². The summed E-state index contributed by atoms with van der Waals surface area (Å²) in [6.45, 7) is 4.53. The maximum Gasteiger partial charge on any atom is 0.319 e. The fourth-order valence-electron chi connectivity index (χ4n) is 1.94. The van der Waals surface area contributed by atoms with E-state index in [2.05, 4.69) is 10.6 Å². The summed E-state index contributed by atoms with van der Waals surface area (Å²) in [5, 5.41) is 14.6. The number of hydrogen-bond donors (Lipinski definition) is 3. The number of aliphatic hydroxyl groups excluding tert-OH is 1. The number of hydrogen-bond acceptors (Lipinski definition) is 2. The summed E-state index contributed by atoms with van der Waals surface area (Å²) in [5.41, 5.74) is 4.98. The lowest BCUT2D eigenvalue weighted by Crippen LogP contribution is -2.28. The van der Waals surface area contributed by atoms with Crippen molar-refractivity contribution in [3.8, 4) is 0 Å². The molecular weight excluding hydrogens is 264 g/mol. The highest BCUT2D eigenvalue weighted by molar-refractivity contribution is 5.89. The summed E-state index contributed by atoms with van der Waals surface area (Å²) in [4.78, 5) is 11.8. The molecule has 2 aromatic carbocycles. The number of urea groups is 1. The second kappa shape index (κ2) is 6.90. The summed E-state index contributed by atoms with van der Waals surface area (Å²) < 4.78 is 0. The molecule has 21 heavy (non-hydrogen) atoms. The summed E-state index contributed by atoms with van der Waals surface area (Å²) >= 11 is 0. The van der Waals surface area contributed by atoms with Gasteiger partial charge in [-0.2, -0.15) is 0 Å². The van der Waals surface area contributed by atoms with E-state index < -0.39 is 0 Å². The van der Waals surface area contributed by atoms with Gasteiger partial charge in [0.05, 0.1) is 6.61 Å². The van der Waals surface area contributed by atoms with Gasteiger partial charge in [-0.1, -0.05) is 30.3 Å². The number of rotatable bonds is 4. The van der Waals surface area contributed by atoms with Crippen molar-refractivity contribution in [3.63, 3.8) is 0 Å². The number of amides is 2. The van der Waals surface area contributed by atoms with Gasteiger partial charge in [0.25, 0.3) is 0 Å². The molecule has 4 heteroatoms. The van der Waals surface area contributed by atoms with Crippen LogP contribution in [0.2, 0.25) is 0 Å². The van der Waals surface area contributed by atoms with Crippen LogP contribution in [-0.4, -0.2) is 11.1 Å². The summed E-state index contributed by atoms with van der Waals surface area (Å²) in [6, 6.07) is 13.1. The van der Waals surface area contributed by atoms with Crippen molar-refractivity contribution < 1.29 is 9.90 Å². The second-order valence-corrected chi connectivity index (χ2v) is 5.08.